The molecule has 4 heteroatoms. The summed E-state index contributed by atoms with van der Waals surface area (Å²) in [6.45, 7) is 3.97. The predicted octanol–water partition coefficient (Wildman–Crippen LogP) is 11.7. The molecule has 0 aliphatic heterocycles. The van der Waals surface area contributed by atoms with Gasteiger partial charge in [0, 0.05) is 6.42 Å². The van der Waals surface area contributed by atoms with E-state index in [9.17, 15) is 15.0 Å². The van der Waals surface area contributed by atoms with Crippen LogP contribution in [0.4, 0.5) is 0 Å². The molecule has 0 saturated carbocycles. The van der Waals surface area contributed by atoms with E-state index < -0.39 is 12.1 Å². The van der Waals surface area contributed by atoms with Gasteiger partial charge < -0.3 is 15.5 Å². The molecule has 0 aromatic heterocycles. The van der Waals surface area contributed by atoms with Crippen molar-refractivity contribution in [3.63, 3.8) is 0 Å². The number of carbonyl (C=O) groups is 1. The first-order chi connectivity index (χ1) is 23.7. The van der Waals surface area contributed by atoms with Gasteiger partial charge in [-0.2, -0.15) is 0 Å². The van der Waals surface area contributed by atoms with Gasteiger partial charge in [0.1, 0.15) is 0 Å². The number of carbonyl (C=O) groups excluding carboxylic acids is 1. The highest BCUT2D eigenvalue weighted by atomic mass is 16.3. The van der Waals surface area contributed by atoms with Crippen molar-refractivity contribution in [2.24, 2.45) is 0 Å². The Morgan fingerprint density at radius 1 is 0.521 bits per heavy atom. The molecule has 0 heterocycles. The fourth-order valence-electron chi connectivity index (χ4n) is 4.84. The molecule has 0 bridgehead atoms. The molecule has 0 saturated heterocycles. The summed E-state index contributed by atoms with van der Waals surface area (Å²) in [5, 5.41) is 22.3. The van der Waals surface area contributed by atoms with Crippen LogP contribution in [0.5, 0.6) is 0 Å². The number of hydrogen-bond donors (Lipinski definition) is 3. The largest absolute Gasteiger partial charge is 0.394 e. The van der Waals surface area contributed by atoms with E-state index in [1.807, 2.05) is 6.08 Å². The second-order valence-electron chi connectivity index (χ2n) is 12.3. The normalized spacial score (nSPS) is 14.3. The first-order valence-electron chi connectivity index (χ1n) is 19.1. The summed E-state index contributed by atoms with van der Waals surface area (Å²) in [5.41, 5.74) is 0. The minimum atomic E-state index is -0.845. The number of aliphatic hydroxyl groups is 2. The molecule has 0 fully saturated rings. The van der Waals surface area contributed by atoms with Crippen molar-refractivity contribution in [1.29, 1.82) is 0 Å². The monoisotopic (exact) mass is 662 g/mol. The smallest absolute Gasteiger partial charge is 0.220 e. The van der Waals surface area contributed by atoms with Gasteiger partial charge in [0.15, 0.2) is 0 Å². The van der Waals surface area contributed by atoms with Crippen LogP contribution in [0.1, 0.15) is 142 Å². The zero-order chi connectivity index (χ0) is 35.0. The fourth-order valence-corrected chi connectivity index (χ4v) is 4.84. The second-order valence-corrected chi connectivity index (χ2v) is 12.3. The molecule has 0 spiro atoms. The molecule has 3 N–H and O–H groups in total. The van der Waals surface area contributed by atoms with Gasteiger partial charge >= 0.3 is 0 Å². The first kappa shape index (κ1) is 45.0. The zero-order valence-electron chi connectivity index (χ0n) is 30.7. The maximum Gasteiger partial charge on any atom is 0.220 e. The van der Waals surface area contributed by atoms with Crippen molar-refractivity contribution in [3.05, 3.63) is 109 Å². The number of unbranched alkanes of at least 4 members (excludes halogenated alkanes) is 9. The van der Waals surface area contributed by atoms with Crippen molar-refractivity contribution in [3.8, 4) is 0 Å². The van der Waals surface area contributed by atoms with Crippen LogP contribution in [-0.4, -0.2) is 34.9 Å². The Balaban J connectivity index is 3.59. The maximum absolute atomic E-state index is 12.1. The lowest BCUT2D eigenvalue weighted by molar-refractivity contribution is -0.123. The van der Waals surface area contributed by atoms with Crippen LogP contribution in [-0.2, 0) is 4.79 Å². The average molecular weight is 662 g/mol. The van der Waals surface area contributed by atoms with E-state index in [0.717, 1.165) is 89.9 Å². The first-order valence-corrected chi connectivity index (χ1v) is 19.1. The summed E-state index contributed by atoms with van der Waals surface area (Å²) in [7, 11) is 0. The topological polar surface area (TPSA) is 69.6 Å². The molecule has 0 aromatic carbocycles. The molecule has 0 aliphatic rings. The quantitative estimate of drug-likeness (QED) is 0.0496. The standard InChI is InChI=1S/C44H71NO3/c1-3-5-7-8-9-10-11-12-13-14-15-16-17-18-19-20-21-22-23-24-25-26-27-28-29-30-31-32-33-34-35-36-38-40-44(48)45-42(41-46)43(47)39-37-6-4-2/h5,7,9-10,12-13,15-16,18-19,21-22,24-25,27-28,37,39,42-43,46-47H,3-4,6,8,11,14,17,20,23,26,29-36,38,40-41H2,1-2H3,(H,45,48)/b7-5-,10-9-,13-12-,16-15-,19-18-,22-21-,25-24-,28-27-,39-37+. The highest BCUT2D eigenvalue weighted by Crippen LogP contribution is 2.11. The minimum Gasteiger partial charge on any atom is -0.394 e. The Bertz CT molecular complexity index is 979. The van der Waals surface area contributed by atoms with Gasteiger partial charge in [-0.15, -0.1) is 0 Å². The van der Waals surface area contributed by atoms with Crippen LogP contribution in [0.25, 0.3) is 0 Å². The number of allylic oxidation sites excluding steroid dienone is 17. The molecular weight excluding hydrogens is 590 g/mol. The Morgan fingerprint density at radius 2 is 0.917 bits per heavy atom. The van der Waals surface area contributed by atoms with E-state index in [2.05, 4.69) is 116 Å². The fraction of sp³-hybridized carbons (Fsp3) is 0.568. The highest BCUT2D eigenvalue weighted by Gasteiger charge is 2.17. The third-order valence-electron chi connectivity index (χ3n) is 7.74. The Labute approximate surface area is 296 Å². The molecule has 0 aliphatic carbocycles. The number of hydrogen-bond acceptors (Lipinski definition) is 3. The van der Waals surface area contributed by atoms with Crippen molar-refractivity contribution >= 4 is 5.91 Å². The number of amides is 1. The summed E-state index contributed by atoms with van der Waals surface area (Å²) in [6.07, 6.45) is 59.6. The summed E-state index contributed by atoms with van der Waals surface area (Å²) in [5.74, 6) is -0.0922. The van der Waals surface area contributed by atoms with Gasteiger partial charge in [-0.3, -0.25) is 4.79 Å². The van der Waals surface area contributed by atoms with E-state index in [-0.39, 0.29) is 12.5 Å². The number of nitrogens with one attached hydrogen (secondary N) is 1. The van der Waals surface area contributed by atoms with Crippen LogP contribution in [0.3, 0.4) is 0 Å². The summed E-state index contributed by atoms with van der Waals surface area (Å²) in [6, 6.07) is -0.629. The third kappa shape index (κ3) is 34.4. The Kier molecular flexibility index (Phi) is 36.1. The molecular formula is C44H71NO3. The second kappa shape index (κ2) is 38.5. The molecule has 0 rings (SSSR count). The van der Waals surface area contributed by atoms with E-state index in [4.69, 9.17) is 0 Å². The van der Waals surface area contributed by atoms with Crippen molar-refractivity contribution < 1.29 is 15.0 Å². The van der Waals surface area contributed by atoms with Gasteiger partial charge in [0.05, 0.1) is 18.8 Å². The zero-order valence-corrected chi connectivity index (χ0v) is 30.7. The van der Waals surface area contributed by atoms with E-state index in [1.54, 1.807) is 6.08 Å². The molecule has 2 unspecified atom stereocenters. The van der Waals surface area contributed by atoms with Gasteiger partial charge in [0.2, 0.25) is 5.91 Å². The molecule has 270 valence electrons. The summed E-state index contributed by atoms with van der Waals surface area (Å²) in [4.78, 5) is 12.1. The van der Waals surface area contributed by atoms with Crippen molar-refractivity contribution in [2.45, 2.75) is 154 Å². The van der Waals surface area contributed by atoms with Gasteiger partial charge in [0.25, 0.3) is 0 Å². The summed E-state index contributed by atoms with van der Waals surface area (Å²) < 4.78 is 0. The number of rotatable bonds is 32. The van der Waals surface area contributed by atoms with Crippen LogP contribution in [0.15, 0.2) is 109 Å². The maximum atomic E-state index is 12.1. The van der Waals surface area contributed by atoms with Crippen molar-refractivity contribution in [1.82, 2.24) is 5.32 Å². The van der Waals surface area contributed by atoms with Crippen LogP contribution >= 0.6 is 0 Å². The van der Waals surface area contributed by atoms with Gasteiger partial charge in [-0.1, -0.05) is 168 Å². The van der Waals surface area contributed by atoms with E-state index >= 15 is 0 Å². The SMILES string of the molecule is CC/C=C\C/C=C\C/C=C\C/C=C\C/C=C\C/C=C\C/C=C\C/C=C\CCCCCCCCCCC(=O)NC(CO)C(O)/C=C/CCC. The van der Waals surface area contributed by atoms with E-state index in [0.29, 0.717) is 6.42 Å². The lowest BCUT2D eigenvalue weighted by Gasteiger charge is -2.19. The average Bonchev–Trinajstić information content (AvgIpc) is 3.09. The molecule has 2 atom stereocenters. The third-order valence-corrected chi connectivity index (χ3v) is 7.74. The molecule has 4 nitrogen and oxygen atoms in total. The van der Waals surface area contributed by atoms with Gasteiger partial charge in [-0.05, 0) is 77.0 Å². The molecule has 0 aromatic rings. The molecule has 1 amide bonds. The van der Waals surface area contributed by atoms with E-state index in [1.165, 1.54) is 32.1 Å². The summed E-state index contributed by atoms with van der Waals surface area (Å²) >= 11 is 0. The van der Waals surface area contributed by atoms with Crippen LogP contribution in [0.2, 0.25) is 0 Å². The highest BCUT2D eigenvalue weighted by molar-refractivity contribution is 5.76. The molecule has 0 radical (unpaired) electrons. The van der Waals surface area contributed by atoms with Crippen LogP contribution < -0.4 is 5.32 Å². The lowest BCUT2D eigenvalue weighted by Crippen LogP contribution is -2.45. The van der Waals surface area contributed by atoms with Crippen molar-refractivity contribution in [2.75, 3.05) is 6.61 Å². The predicted molar refractivity (Wildman–Crippen MR) is 211 cm³/mol. The van der Waals surface area contributed by atoms with Crippen LogP contribution in [0, 0.1) is 0 Å². The lowest BCUT2D eigenvalue weighted by atomic mass is 10.1. The Morgan fingerprint density at radius 3 is 1.33 bits per heavy atom. The Hall–Kier alpha value is -2.95. The molecule has 48 heavy (non-hydrogen) atoms. The number of aliphatic hydroxyl groups excluding tert-OH is 2. The minimum absolute atomic E-state index is 0.0922. The van der Waals surface area contributed by atoms with Gasteiger partial charge in [-0.25, -0.2) is 0 Å².